The fraction of sp³-hybridized carbons (Fsp3) is 1.00. The molecular weight excluding hydrogens is 256 g/mol. The third-order valence-corrected chi connectivity index (χ3v) is 6.11. The molecule has 124 valence electrons. The Kier molecular flexibility index (Phi) is 7.01. The quantitative estimate of drug-likeness (QED) is 0.716. The number of rotatable bonds is 6. The van der Waals surface area contributed by atoms with Gasteiger partial charge in [-0.2, -0.15) is 0 Å². The second-order valence-corrected chi connectivity index (χ2v) is 7.75. The number of nitrogens with zero attached hydrogens (tertiary/aromatic N) is 2. The van der Waals surface area contributed by atoms with Gasteiger partial charge in [0, 0.05) is 18.6 Å². The molecule has 2 rings (SSSR count). The van der Waals surface area contributed by atoms with Crippen LogP contribution >= 0.6 is 0 Å². The van der Waals surface area contributed by atoms with Crippen LogP contribution in [0.2, 0.25) is 0 Å². The van der Waals surface area contributed by atoms with Crippen molar-refractivity contribution in [1.29, 1.82) is 0 Å². The summed E-state index contributed by atoms with van der Waals surface area (Å²) >= 11 is 0. The van der Waals surface area contributed by atoms with Crippen LogP contribution in [0.1, 0.15) is 72.6 Å². The highest BCUT2D eigenvalue weighted by atomic mass is 15.2. The SMILES string of the molecule is CCC1CCC(CN2CCC(N(CC)C(C)C)CC2)CC1. The highest BCUT2D eigenvalue weighted by Gasteiger charge is 2.27. The third-order valence-electron chi connectivity index (χ3n) is 6.11. The monoisotopic (exact) mass is 294 g/mol. The molecule has 0 unspecified atom stereocenters. The Labute approximate surface area is 133 Å². The average Bonchev–Trinajstić information content (AvgIpc) is 2.50. The van der Waals surface area contributed by atoms with E-state index in [9.17, 15) is 0 Å². The molecule has 0 spiro atoms. The van der Waals surface area contributed by atoms with Crippen LogP contribution < -0.4 is 0 Å². The molecular formula is C19H38N2. The Bertz CT molecular complexity index is 273. The number of hydrogen-bond donors (Lipinski definition) is 0. The molecule has 1 aliphatic heterocycles. The molecule has 2 aliphatic rings. The predicted molar refractivity (Wildman–Crippen MR) is 92.7 cm³/mol. The van der Waals surface area contributed by atoms with Gasteiger partial charge in [0.1, 0.15) is 0 Å². The predicted octanol–water partition coefficient (Wildman–Crippen LogP) is 4.40. The van der Waals surface area contributed by atoms with Crippen LogP contribution in [0.15, 0.2) is 0 Å². The number of likely N-dealkylation sites (tertiary alicyclic amines) is 1. The molecule has 21 heavy (non-hydrogen) atoms. The minimum Gasteiger partial charge on any atom is -0.303 e. The average molecular weight is 295 g/mol. The van der Waals surface area contributed by atoms with Crippen molar-refractivity contribution >= 4 is 0 Å². The van der Waals surface area contributed by atoms with E-state index >= 15 is 0 Å². The summed E-state index contributed by atoms with van der Waals surface area (Å²) in [5.41, 5.74) is 0. The summed E-state index contributed by atoms with van der Waals surface area (Å²) in [7, 11) is 0. The molecule has 1 saturated heterocycles. The zero-order valence-electron chi connectivity index (χ0n) is 15.0. The second-order valence-electron chi connectivity index (χ2n) is 7.75. The van der Waals surface area contributed by atoms with E-state index in [2.05, 4.69) is 37.5 Å². The van der Waals surface area contributed by atoms with Crippen molar-refractivity contribution in [3.63, 3.8) is 0 Å². The van der Waals surface area contributed by atoms with Gasteiger partial charge in [0.15, 0.2) is 0 Å². The Morgan fingerprint density at radius 3 is 1.95 bits per heavy atom. The van der Waals surface area contributed by atoms with Crippen LogP contribution in [0.25, 0.3) is 0 Å². The molecule has 1 saturated carbocycles. The first-order chi connectivity index (χ1) is 10.1. The van der Waals surface area contributed by atoms with Gasteiger partial charge in [0.05, 0.1) is 0 Å². The van der Waals surface area contributed by atoms with E-state index in [0.717, 1.165) is 17.9 Å². The second kappa shape index (κ2) is 8.53. The lowest BCUT2D eigenvalue weighted by Crippen LogP contribution is -2.48. The van der Waals surface area contributed by atoms with E-state index in [-0.39, 0.29) is 0 Å². The number of piperidine rings is 1. The molecule has 0 aromatic carbocycles. The lowest BCUT2D eigenvalue weighted by atomic mass is 9.80. The van der Waals surface area contributed by atoms with Crippen molar-refractivity contribution in [2.45, 2.75) is 84.7 Å². The van der Waals surface area contributed by atoms with Gasteiger partial charge in [0.25, 0.3) is 0 Å². The maximum Gasteiger partial charge on any atom is 0.0122 e. The van der Waals surface area contributed by atoms with Crippen LogP contribution in [-0.2, 0) is 0 Å². The molecule has 0 bridgehead atoms. The first-order valence-electron chi connectivity index (χ1n) is 9.62. The van der Waals surface area contributed by atoms with Crippen LogP contribution in [0, 0.1) is 11.8 Å². The third kappa shape index (κ3) is 4.96. The Morgan fingerprint density at radius 1 is 0.905 bits per heavy atom. The normalized spacial score (nSPS) is 29.4. The van der Waals surface area contributed by atoms with Crippen LogP contribution in [0.5, 0.6) is 0 Å². The fourth-order valence-electron chi connectivity index (χ4n) is 4.67. The molecule has 0 N–H and O–H groups in total. The summed E-state index contributed by atoms with van der Waals surface area (Å²) in [5, 5.41) is 0. The van der Waals surface area contributed by atoms with E-state index in [1.54, 1.807) is 0 Å². The Morgan fingerprint density at radius 2 is 1.48 bits per heavy atom. The van der Waals surface area contributed by atoms with Crippen molar-refractivity contribution in [1.82, 2.24) is 9.80 Å². The van der Waals surface area contributed by atoms with Gasteiger partial charge in [-0.3, -0.25) is 4.90 Å². The highest BCUT2D eigenvalue weighted by Crippen LogP contribution is 2.31. The molecule has 0 aromatic heterocycles. The smallest absolute Gasteiger partial charge is 0.0122 e. The molecule has 0 radical (unpaired) electrons. The molecule has 2 heteroatoms. The largest absolute Gasteiger partial charge is 0.303 e. The van der Waals surface area contributed by atoms with Crippen molar-refractivity contribution in [3.05, 3.63) is 0 Å². The zero-order valence-corrected chi connectivity index (χ0v) is 15.0. The van der Waals surface area contributed by atoms with Crippen molar-refractivity contribution in [3.8, 4) is 0 Å². The first-order valence-corrected chi connectivity index (χ1v) is 9.62. The Hall–Kier alpha value is -0.0800. The molecule has 1 aliphatic carbocycles. The van der Waals surface area contributed by atoms with E-state index in [1.807, 2.05) is 0 Å². The van der Waals surface area contributed by atoms with E-state index < -0.39 is 0 Å². The molecule has 2 nitrogen and oxygen atoms in total. The molecule has 0 atom stereocenters. The number of hydrogen-bond acceptors (Lipinski definition) is 2. The lowest BCUT2D eigenvalue weighted by Gasteiger charge is -2.41. The molecule has 2 fully saturated rings. The van der Waals surface area contributed by atoms with Crippen LogP contribution in [0.3, 0.4) is 0 Å². The Balaban J connectivity index is 1.70. The van der Waals surface area contributed by atoms with Crippen molar-refractivity contribution < 1.29 is 0 Å². The van der Waals surface area contributed by atoms with E-state index in [0.29, 0.717) is 6.04 Å². The standard InChI is InChI=1S/C19H38N2/c1-5-17-7-9-18(10-8-17)15-20-13-11-19(12-14-20)21(6-2)16(3)4/h16-19H,5-15H2,1-4H3. The van der Waals surface area contributed by atoms with Crippen molar-refractivity contribution in [2.24, 2.45) is 11.8 Å². The van der Waals surface area contributed by atoms with Gasteiger partial charge >= 0.3 is 0 Å². The first kappa shape index (κ1) is 17.3. The van der Waals surface area contributed by atoms with Crippen LogP contribution in [-0.4, -0.2) is 48.1 Å². The minimum absolute atomic E-state index is 0.705. The van der Waals surface area contributed by atoms with Gasteiger partial charge in [-0.1, -0.05) is 33.1 Å². The maximum atomic E-state index is 2.77. The van der Waals surface area contributed by atoms with Gasteiger partial charge in [0.2, 0.25) is 0 Å². The van der Waals surface area contributed by atoms with Crippen molar-refractivity contribution in [2.75, 3.05) is 26.2 Å². The summed E-state index contributed by atoms with van der Waals surface area (Å²) < 4.78 is 0. The van der Waals surface area contributed by atoms with Gasteiger partial charge in [-0.15, -0.1) is 0 Å². The summed E-state index contributed by atoms with van der Waals surface area (Å²) in [6.07, 6.45) is 10.1. The minimum atomic E-state index is 0.705. The van der Waals surface area contributed by atoms with Gasteiger partial charge in [-0.05, 0) is 71.0 Å². The molecule has 1 heterocycles. The van der Waals surface area contributed by atoms with E-state index in [1.165, 1.54) is 71.1 Å². The maximum absolute atomic E-state index is 2.77. The van der Waals surface area contributed by atoms with Gasteiger partial charge < -0.3 is 4.90 Å². The molecule has 0 aromatic rings. The topological polar surface area (TPSA) is 6.48 Å². The fourth-order valence-corrected chi connectivity index (χ4v) is 4.67. The summed E-state index contributed by atoms with van der Waals surface area (Å²) in [5.74, 6) is 2.04. The van der Waals surface area contributed by atoms with Gasteiger partial charge in [-0.25, -0.2) is 0 Å². The summed E-state index contributed by atoms with van der Waals surface area (Å²) in [6, 6.07) is 1.54. The zero-order chi connectivity index (χ0) is 15.2. The lowest BCUT2D eigenvalue weighted by molar-refractivity contribution is 0.0763. The van der Waals surface area contributed by atoms with E-state index in [4.69, 9.17) is 0 Å². The summed E-state index contributed by atoms with van der Waals surface area (Å²) in [6.45, 7) is 14.6. The summed E-state index contributed by atoms with van der Waals surface area (Å²) in [4.78, 5) is 5.46. The molecule has 0 amide bonds. The highest BCUT2D eigenvalue weighted by molar-refractivity contribution is 4.83. The van der Waals surface area contributed by atoms with Crippen LogP contribution in [0.4, 0.5) is 0 Å².